The van der Waals surface area contributed by atoms with E-state index in [0.717, 1.165) is 10.9 Å². The lowest BCUT2D eigenvalue weighted by Crippen LogP contribution is -2.44. The highest BCUT2D eigenvalue weighted by molar-refractivity contribution is 5.88. The number of carboxylic acids is 1. The third-order valence-electron chi connectivity index (χ3n) is 3.49. The van der Waals surface area contributed by atoms with Gasteiger partial charge in [-0.1, -0.05) is 0 Å². The van der Waals surface area contributed by atoms with Gasteiger partial charge in [0.15, 0.2) is 6.61 Å². The zero-order valence-electron chi connectivity index (χ0n) is 14.2. The number of carboxylic acid groups (broad SMARTS) is 1. The molecule has 9 heteroatoms. The van der Waals surface area contributed by atoms with Crippen molar-refractivity contribution in [2.45, 2.75) is 19.9 Å². The summed E-state index contributed by atoms with van der Waals surface area (Å²) in [4.78, 5) is 45.2. The van der Waals surface area contributed by atoms with Crippen molar-refractivity contribution in [1.29, 1.82) is 0 Å². The summed E-state index contributed by atoms with van der Waals surface area (Å²) >= 11 is 0. The van der Waals surface area contributed by atoms with E-state index in [9.17, 15) is 19.2 Å². The summed E-state index contributed by atoms with van der Waals surface area (Å²) in [6.07, 6.45) is 0. The van der Waals surface area contributed by atoms with Crippen molar-refractivity contribution in [2.24, 2.45) is 0 Å². The summed E-state index contributed by atoms with van der Waals surface area (Å²) in [5.74, 6) is -2.04. The van der Waals surface area contributed by atoms with E-state index in [2.05, 4.69) is 10.6 Å². The monoisotopic (exact) mass is 362 g/mol. The second-order valence-electron chi connectivity index (χ2n) is 5.60. The van der Waals surface area contributed by atoms with Gasteiger partial charge in [0.05, 0.1) is 6.54 Å². The lowest BCUT2D eigenvalue weighted by Gasteiger charge is -2.10. The number of aliphatic carboxylic acids is 1. The molecule has 1 heterocycles. The van der Waals surface area contributed by atoms with Crippen molar-refractivity contribution in [3.63, 3.8) is 0 Å². The van der Waals surface area contributed by atoms with Crippen LogP contribution < -0.4 is 21.0 Å². The summed E-state index contributed by atoms with van der Waals surface area (Å²) in [5.41, 5.74) is 0.628. The molecule has 2 amide bonds. The Bertz CT molecular complexity index is 904. The van der Waals surface area contributed by atoms with Crippen molar-refractivity contribution in [3.8, 4) is 5.75 Å². The molecular formula is C17H18N2O7. The quantitative estimate of drug-likeness (QED) is 0.598. The van der Waals surface area contributed by atoms with Crippen molar-refractivity contribution in [3.05, 3.63) is 40.2 Å². The number of nitrogens with one attached hydrogen (secondary N) is 2. The number of benzene rings is 1. The van der Waals surface area contributed by atoms with Gasteiger partial charge in [0.2, 0.25) is 5.91 Å². The van der Waals surface area contributed by atoms with Crippen LogP contribution in [0.2, 0.25) is 0 Å². The lowest BCUT2D eigenvalue weighted by atomic mass is 10.1. The first-order chi connectivity index (χ1) is 12.3. The highest BCUT2D eigenvalue weighted by Crippen LogP contribution is 2.22. The zero-order valence-corrected chi connectivity index (χ0v) is 14.2. The van der Waals surface area contributed by atoms with E-state index in [1.54, 1.807) is 19.1 Å². The molecule has 0 saturated carbocycles. The van der Waals surface area contributed by atoms with E-state index in [4.69, 9.17) is 14.3 Å². The summed E-state index contributed by atoms with van der Waals surface area (Å²) in [5, 5.41) is 13.9. The van der Waals surface area contributed by atoms with Crippen LogP contribution >= 0.6 is 0 Å². The summed E-state index contributed by atoms with van der Waals surface area (Å²) in [6, 6.07) is 5.17. The molecule has 0 fully saturated rings. The third-order valence-corrected chi connectivity index (χ3v) is 3.49. The third kappa shape index (κ3) is 5.07. The molecule has 0 spiro atoms. The molecule has 3 N–H and O–H groups in total. The summed E-state index contributed by atoms with van der Waals surface area (Å²) in [6.45, 7) is 2.36. The summed E-state index contributed by atoms with van der Waals surface area (Å²) in [7, 11) is 0. The van der Waals surface area contributed by atoms with Crippen LogP contribution in [0.25, 0.3) is 11.0 Å². The molecule has 9 nitrogen and oxygen atoms in total. The minimum absolute atomic E-state index is 0.324. The van der Waals surface area contributed by atoms with Crippen LogP contribution in [0, 0.1) is 6.92 Å². The minimum Gasteiger partial charge on any atom is -0.484 e. The maximum Gasteiger partial charge on any atom is 0.336 e. The van der Waals surface area contributed by atoms with Crippen LogP contribution in [0.1, 0.15) is 12.5 Å². The molecule has 0 aliphatic rings. The SMILES string of the molecule is Cc1cc(=O)oc2cc(OCC(=O)NCC(=O)N[C@H](C)C(=O)O)ccc12. The fourth-order valence-corrected chi connectivity index (χ4v) is 2.13. The standard InChI is InChI=1S/C17H18N2O7/c1-9-5-16(22)26-13-6-11(3-4-12(9)13)25-8-15(21)18-7-14(20)19-10(2)17(23)24/h3-6,10H,7-8H2,1-2H3,(H,18,21)(H,19,20)(H,23,24)/t10-/m1/s1. The predicted octanol–water partition coefficient (Wildman–Crippen LogP) is 0.186. The summed E-state index contributed by atoms with van der Waals surface area (Å²) < 4.78 is 10.4. The molecule has 0 bridgehead atoms. The topological polar surface area (TPSA) is 135 Å². The molecule has 0 unspecified atom stereocenters. The number of hydrogen-bond donors (Lipinski definition) is 3. The Labute approximate surface area is 147 Å². The van der Waals surface area contributed by atoms with E-state index < -0.39 is 29.5 Å². The number of rotatable bonds is 7. The van der Waals surface area contributed by atoms with Crippen molar-refractivity contribution >= 4 is 28.8 Å². The van der Waals surface area contributed by atoms with Crippen LogP contribution in [-0.2, 0) is 14.4 Å². The Morgan fingerprint density at radius 2 is 1.96 bits per heavy atom. The average Bonchev–Trinajstić information content (AvgIpc) is 2.57. The molecule has 1 atom stereocenters. The van der Waals surface area contributed by atoms with Gasteiger partial charge in [-0.3, -0.25) is 14.4 Å². The number of hydrogen-bond acceptors (Lipinski definition) is 6. The fraction of sp³-hybridized carbons (Fsp3) is 0.294. The van der Waals surface area contributed by atoms with Gasteiger partial charge in [-0.15, -0.1) is 0 Å². The number of aryl methyl sites for hydroxylation is 1. The van der Waals surface area contributed by atoms with Crippen LogP contribution in [0.5, 0.6) is 5.75 Å². The van der Waals surface area contributed by atoms with E-state index in [0.29, 0.717) is 11.3 Å². The van der Waals surface area contributed by atoms with E-state index in [-0.39, 0.29) is 13.2 Å². The largest absolute Gasteiger partial charge is 0.484 e. The minimum atomic E-state index is -1.17. The highest BCUT2D eigenvalue weighted by atomic mass is 16.5. The lowest BCUT2D eigenvalue weighted by molar-refractivity contribution is -0.141. The van der Waals surface area contributed by atoms with Gasteiger partial charge in [-0.05, 0) is 31.5 Å². The van der Waals surface area contributed by atoms with E-state index >= 15 is 0 Å². The molecule has 0 saturated heterocycles. The van der Waals surface area contributed by atoms with Gasteiger partial charge in [0.1, 0.15) is 17.4 Å². The Morgan fingerprint density at radius 3 is 2.65 bits per heavy atom. The molecule has 1 aromatic carbocycles. The van der Waals surface area contributed by atoms with Crippen LogP contribution in [-0.4, -0.2) is 42.1 Å². The van der Waals surface area contributed by atoms with Gasteiger partial charge in [0.25, 0.3) is 5.91 Å². The van der Waals surface area contributed by atoms with Gasteiger partial charge >= 0.3 is 11.6 Å². The molecular weight excluding hydrogens is 344 g/mol. The molecule has 0 aliphatic carbocycles. The number of carbonyl (C=O) groups excluding carboxylic acids is 2. The van der Waals surface area contributed by atoms with Gasteiger partial charge in [-0.25, -0.2) is 4.79 Å². The average molecular weight is 362 g/mol. The van der Waals surface area contributed by atoms with Gasteiger partial charge < -0.3 is 24.9 Å². The Morgan fingerprint density at radius 1 is 1.23 bits per heavy atom. The molecule has 138 valence electrons. The number of ether oxygens (including phenoxy) is 1. The Kier molecular flexibility index (Phi) is 5.94. The van der Waals surface area contributed by atoms with Crippen LogP contribution in [0.4, 0.5) is 0 Å². The zero-order chi connectivity index (χ0) is 19.3. The normalized spacial score (nSPS) is 11.6. The van der Waals surface area contributed by atoms with Gasteiger partial charge in [0, 0.05) is 17.5 Å². The maximum absolute atomic E-state index is 11.7. The van der Waals surface area contributed by atoms with Crippen LogP contribution in [0.15, 0.2) is 33.5 Å². The smallest absolute Gasteiger partial charge is 0.336 e. The first-order valence-electron chi connectivity index (χ1n) is 7.72. The van der Waals surface area contributed by atoms with Crippen LogP contribution in [0.3, 0.4) is 0 Å². The van der Waals surface area contributed by atoms with Crippen molar-refractivity contribution < 1.29 is 28.6 Å². The predicted molar refractivity (Wildman–Crippen MR) is 91.0 cm³/mol. The second-order valence-corrected chi connectivity index (χ2v) is 5.60. The maximum atomic E-state index is 11.7. The Balaban J connectivity index is 1.87. The van der Waals surface area contributed by atoms with E-state index in [1.165, 1.54) is 19.1 Å². The number of amides is 2. The van der Waals surface area contributed by atoms with E-state index in [1.807, 2.05) is 0 Å². The highest BCUT2D eigenvalue weighted by Gasteiger charge is 2.14. The molecule has 0 radical (unpaired) electrons. The Hall–Kier alpha value is -3.36. The number of carbonyl (C=O) groups is 3. The van der Waals surface area contributed by atoms with Crippen molar-refractivity contribution in [1.82, 2.24) is 10.6 Å². The number of fused-ring (bicyclic) bond motifs is 1. The second kappa shape index (κ2) is 8.15. The first kappa shape index (κ1) is 19.0. The van der Waals surface area contributed by atoms with Gasteiger partial charge in [-0.2, -0.15) is 0 Å². The molecule has 2 rings (SSSR count). The molecule has 0 aliphatic heterocycles. The molecule has 26 heavy (non-hydrogen) atoms. The molecule has 1 aromatic heterocycles. The fourth-order valence-electron chi connectivity index (χ4n) is 2.13. The van der Waals surface area contributed by atoms with Crippen molar-refractivity contribution in [2.75, 3.05) is 13.2 Å². The molecule has 2 aromatic rings. The first-order valence-corrected chi connectivity index (χ1v) is 7.72.